The highest BCUT2D eigenvalue weighted by Crippen LogP contribution is 2.22. The molecular weight excluding hydrogens is 267 g/mol. The van der Waals surface area contributed by atoms with Crippen LogP contribution < -0.4 is 0 Å². The normalized spacial score (nSPS) is 18.5. The summed E-state index contributed by atoms with van der Waals surface area (Å²) in [6.45, 7) is 4.12. The molecule has 4 heteroatoms. The molecule has 1 heterocycles. The molecule has 1 aliphatic heterocycles. The Balaban J connectivity index is 1.89. The van der Waals surface area contributed by atoms with Crippen molar-refractivity contribution in [2.24, 2.45) is 0 Å². The number of benzene rings is 1. The number of hydrogen-bond acceptors (Lipinski definition) is 2. The van der Waals surface area contributed by atoms with Gasteiger partial charge in [0.05, 0.1) is 0 Å². The first kappa shape index (κ1) is 16.0. The van der Waals surface area contributed by atoms with Gasteiger partial charge >= 0.3 is 0 Å². The fourth-order valence-corrected chi connectivity index (χ4v) is 2.90. The number of carbonyl (C=O) groups is 1. The topological polar surface area (TPSA) is 23.6 Å². The van der Waals surface area contributed by atoms with Gasteiger partial charge < -0.3 is 9.80 Å². The average Bonchev–Trinajstić information content (AvgIpc) is 2.47. The number of hydrogen-bond donors (Lipinski definition) is 0. The molecule has 1 amide bonds. The number of nitrogens with zero attached hydrogens (tertiary/aromatic N) is 2. The Morgan fingerprint density at radius 3 is 2.48 bits per heavy atom. The maximum Gasteiger partial charge on any atom is 0.223 e. The predicted molar refractivity (Wildman–Crippen MR) is 82.7 cm³/mol. The van der Waals surface area contributed by atoms with Crippen LogP contribution in [0.4, 0.5) is 4.39 Å². The molecule has 0 N–H and O–H groups in total. The van der Waals surface area contributed by atoms with Gasteiger partial charge in [0.25, 0.3) is 0 Å². The fourth-order valence-electron chi connectivity index (χ4n) is 2.90. The van der Waals surface area contributed by atoms with Gasteiger partial charge in [-0.1, -0.05) is 19.1 Å². The van der Waals surface area contributed by atoms with E-state index in [0.717, 1.165) is 31.5 Å². The largest absolute Gasteiger partial charge is 0.343 e. The smallest absolute Gasteiger partial charge is 0.223 e. The molecule has 1 atom stereocenters. The van der Waals surface area contributed by atoms with E-state index in [0.29, 0.717) is 12.5 Å². The summed E-state index contributed by atoms with van der Waals surface area (Å²) in [7, 11) is 4.03. The van der Waals surface area contributed by atoms with E-state index < -0.39 is 0 Å². The number of piperidine rings is 1. The van der Waals surface area contributed by atoms with E-state index in [-0.39, 0.29) is 17.6 Å². The zero-order chi connectivity index (χ0) is 15.4. The van der Waals surface area contributed by atoms with Gasteiger partial charge in [0.1, 0.15) is 5.82 Å². The van der Waals surface area contributed by atoms with E-state index in [1.807, 2.05) is 18.9 Å². The van der Waals surface area contributed by atoms with Crippen molar-refractivity contribution in [3.05, 3.63) is 35.6 Å². The standard InChI is InChI=1S/C17H25FN2O/c1-13(14-4-6-15(18)7-5-14)12-17(21)20(3)16-8-10-19(2)11-9-16/h4-7,13,16H,8-12H2,1-3H3. The van der Waals surface area contributed by atoms with Crippen molar-refractivity contribution >= 4 is 5.91 Å². The van der Waals surface area contributed by atoms with Gasteiger partial charge in [0.15, 0.2) is 0 Å². The van der Waals surface area contributed by atoms with Crippen LogP contribution in [0, 0.1) is 5.82 Å². The molecule has 0 radical (unpaired) electrons. The third kappa shape index (κ3) is 4.27. The lowest BCUT2D eigenvalue weighted by Gasteiger charge is -2.35. The van der Waals surface area contributed by atoms with Crippen molar-refractivity contribution in [1.82, 2.24) is 9.80 Å². The molecule has 116 valence electrons. The van der Waals surface area contributed by atoms with Gasteiger partial charge in [0, 0.05) is 19.5 Å². The summed E-state index contributed by atoms with van der Waals surface area (Å²) >= 11 is 0. The molecule has 0 bridgehead atoms. The molecule has 0 aromatic heterocycles. The first-order valence-corrected chi connectivity index (χ1v) is 7.67. The van der Waals surface area contributed by atoms with E-state index in [1.165, 1.54) is 12.1 Å². The quantitative estimate of drug-likeness (QED) is 0.852. The number of likely N-dealkylation sites (tertiary alicyclic amines) is 1. The summed E-state index contributed by atoms with van der Waals surface area (Å²) in [5, 5.41) is 0. The van der Waals surface area contributed by atoms with Crippen molar-refractivity contribution in [3.8, 4) is 0 Å². The van der Waals surface area contributed by atoms with Crippen LogP contribution in [-0.2, 0) is 4.79 Å². The molecule has 2 rings (SSSR count). The first-order valence-electron chi connectivity index (χ1n) is 7.67. The zero-order valence-electron chi connectivity index (χ0n) is 13.2. The van der Waals surface area contributed by atoms with Crippen LogP contribution in [0.1, 0.15) is 37.7 Å². The van der Waals surface area contributed by atoms with Gasteiger partial charge in [-0.3, -0.25) is 4.79 Å². The lowest BCUT2D eigenvalue weighted by Crippen LogP contribution is -2.44. The highest BCUT2D eigenvalue weighted by atomic mass is 19.1. The molecule has 1 aromatic rings. The van der Waals surface area contributed by atoms with Crippen LogP contribution in [-0.4, -0.2) is 48.9 Å². The summed E-state index contributed by atoms with van der Waals surface area (Å²) in [4.78, 5) is 16.6. The summed E-state index contributed by atoms with van der Waals surface area (Å²) in [6, 6.07) is 6.80. The molecular formula is C17H25FN2O. The number of carbonyl (C=O) groups excluding carboxylic acids is 1. The number of amides is 1. The van der Waals surface area contributed by atoms with Gasteiger partial charge in [-0.2, -0.15) is 0 Å². The van der Waals surface area contributed by atoms with Crippen LogP contribution in [0.25, 0.3) is 0 Å². The Morgan fingerprint density at radius 1 is 1.33 bits per heavy atom. The lowest BCUT2D eigenvalue weighted by atomic mass is 9.96. The van der Waals surface area contributed by atoms with Gasteiger partial charge in [-0.05, 0) is 56.6 Å². The highest BCUT2D eigenvalue weighted by molar-refractivity contribution is 5.77. The number of halogens is 1. The van der Waals surface area contributed by atoms with Crippen LogP contribution >= 0.6 is 0 Å². The second kappa shape index (κ2) is 7.03. The molecule has 1 fully saturated rings. The Labute approximate surface area is 126 Å². The first-order chi connectivity index (χ1) is 9.97. The van der Waals surface area contributed by atoms with Crippen LogP contribution in [0.2, 0.25) is 0 Å². The fraction of sp³-hybridized carbons (Fsp3) is 0.588. The summed E-state index contributed by atoms with van der Waals surface area (Å²) in [5.74, 6) is 0.0638. The summed E-state index contributed by atoms with van der Waals surface area (Å²) in [6.07, 6.45) is 2.57. The minimum atomic E-state index is -0.235. The second-order valence-corrected chi connectivity index (χ2v) is 6.20. The monoisotopic (exact) mass is 292 g/mol. The molecule has 1 saturated heterocycles. The molecule has 1 unspecified atom stereocenters. The van der Waals surface area contributed by atoms with Gasteiger partial charge in [-0.25, -0.2) is 4.39 Å². The van der Waals surface area contributed by atoms with Crippen molar-refractivity contribution < 1.29 is 9.18 Å². The maximum absolute atomic E-state index is 12.9. The third-order valence-electron chi connectivity index (χ3n) is 4.55. The predicted octanol–water partition coefficient (Wildman–Crippen LogP) is 2.87. The van der Waals surface area contributed by atoms with E-state index in [4.69, 9.17) is 0 Å². The average molecular weight is 292 g/mol. The molecule has 0 spiro atoms. The van der Waals surface area contributed by atoms with Gasteiger partial charge in [0.2, 0.25) is 5.91 Å². The molecule has 0 aliphatic carbocycles. The second-order valence-electron chi connectivity index (χ2n) is 6.20. The van der Waals surface area contributed by atoms with Crippen LogP contribution in [0.3, 0.4) is 0 Å². The third-order valence-corrected chi connectivity index (χ3v) is 4.55. The van der Waals surface area contributed by atoms with E-state index in [9.17, 15) is 9.18 Å². The zero-order valence-corrected chi connectivity index (χ0v) is 13.2. The Hall–Kier alpha value is -1.42. The minimum absolute atomic E-state index is 0.117. The van der Waals surface area contributed by atoms with E-state index in [1.54, 1.807) is 12.1 Å². The minimum Gasteiger partial charge on any atom is -0.343 e. The lowest BCUT2D eigenvalue weighted by molar-refractivity contribution is -0.133. The van der Waals surface area contributed by atoms with Crippen molar-refractivity contribution in [2.75, 3.05) is 27.2 Å². The Bertz CT molecular complexity index is 466. The highest BCUT2D eigenvalue weighted by Gasteiger charge is 2.25. The van der Waals surface area contributed by atoms with Crippen molar-refractivity contribution in [3.63, 3.8) is 0 Å². The molecule has 3 nitrogen and oxygen atoms in total. The Morgan fingerprint density at radius 2 is 1.90 bits per heavy atom. The van der Waals surface area contributed by atoms with Gasteiger partial charge in [-0.15, -0.1) is 0 Å². The maximum atomic E-state index is 12.9. The van der Waals surface area contributed by atoms with Crippen molar-refractivity contribution in [1.29, 1.82) is 0 Å². The molecule has 1 aliphatic rings. The van der Waals surface area contributed by atoms with E-state index in [2.05, 4.69) is 11.9 Å². The van der Waals surface area contributed by atoms with Crippen LogP contribution in [0.15, 0.2) is 24.3 Å². The van der Waals surface area contributed by atoms with Crippen molar-refractivity contribution in [2.45, 2.75) is 38.1 Å². The van der Waals surface area contributed by atoms with Crippen LogP contribution in [0.5, 0.6) is 0 Å². The summed E-state index contributed by atoms with van der Waals surface area (Å²) in [5.41, 5.74) is 1.02. The number of rotatable bonds is 4. The molecule has 21 heavy (non-hydrogen) atoms. The Kier molecular flexibility index (Phi) is 5.34. The molecule has 0 saturated carbocycles. The SMILES string of the molecule is CC(CC(=O)N(C)C1CCN(C)CC1)c1ccc(F)cc1. The molecule has 1 aromatic carbocycles. The van der Waals surface area contributed by atoms with E-state index >= 15 is 0 Å². The summed E-state index contributed by atoms with van der Waals surface area (Å²) < 4.78 is 12.9.